The Kier molecular flexibility index (Phi) is 1.61. The standard InChI is InChI=1S/C10H11NO/c1-7-6-8-4-2-3-5-9(8)10(7)11-12/h2-5,7,12H,6H2,1H3/b11-10-. The molecule has 0 fully saturated rings. The Morgan fingerprint density at radius 1 is 1.42 bits per heavy atom. The van der Waals surface area contributed by atoms with Crippen LogP contribution in [0.5, 0.6) is 0 Å². The Hall–Kier alpha value is -1.31. The van der Waals surface area contributed by atoms with Crippen LogP contribution in [-0.2, 0) is 6.42 Å². The lowest BCUT2D eigenvalue weighted by molar-refractivity contribution is 0.316. The lowest BCUT2D eigenvalue weighted by Crippen LogP contribution is -2.05. The number of hydrogen-bond donors (Lipinski definition) is 1. The average Bonchev–Trinajstić information content (AvgIpc) is 2.40. The van der Waals surface area contributed by atoms with Crippen molar-refractivity contribution in [2.45, 2.75) is 13.3 Å². The summed E-state index contributed by atoms with van der Waals surface area (Å²) in [6.45, 7) is 2.08. The Balaban J connectivity index is 2.55. The Morgan fingerprint density at radius 2 is 2.17 bits per heavy atom. The molecule has 0 bridgehead atoms. The molecule has 62 valence electrons. The van der Waals surface area contributed by atoms with Crippen LogP contribution in [0.15, 0.2) is 29.4 Å². The van der Waals surface area contributed by atoms with E-state index in [-0.39, 0.29) is 0 Å². The van der Waals surface area contributed by atoms with Gasteiger partial charge in [0, 0.05) is 11.5 Å². The van der Waals surface area contributed by atoms with Gasteiger partial charge in [-0.1, -0.05) is 36.3 Å². The Bertz CT molecular complexity index is 330. The molecule has 0 aliphatic heterocycles. The summed E-state index contributed by atoms with van der Waals surface area (Å²) >= 11 is 0. The van der Waals surface area contributed by atoms with E-state index in [1.807, 2.05) is 18.2 Å². The minimum absolute atomic E-state index is 0.354. The van der Waals surface area contributed by atoms with E-state index in [1.54, 1.807) is 0 Å². The summed E-state index contributed by atoms with van der Waals surface area (Å²) in [5.41, 5.74) is 3.22. The van der Waals surface area contributed by atoms with Gasteiger partial charge in [-0.15, -0.1) is 0 Å². The number of nitrogens with zero attached hydrogens (tertiary/aromatic N) is 1. The van der Waals surface area contributed by atoms with Crippen LogP contribution >= 0.6 is 0 Å². The maximum Gasteiger partial charge on any atom is 0.0901 e. The van der Waals surface area contributed by atoms with Gasteiger partial charge in [0.05, 0.1) is 5.71 Å². The second-order valence-electron chi connectivity index (χ2n) is 3.25. The van der Waals surface area contributed by atoms with E-state index in [1.165, 1.54) is 5.56 Å². The van der Waals surface area contributed by atoms with Crippen molar-refractivity contribution in [1.29, 1.82) is 0 Å². The fraction of sp³-hybridized carbons (Fsp3) is 0.300. The molecule has 1 aliphatic carbocycles. The summed E-state index contributed by atoms with van der Waals surface area (Å²) in [4.78, 5) is 0. The number of hydrogen-bond acceptors (Lipinski definition) is 2. The summed E-state index contributed by atoms with van der Waals surface area (Å²) in [5.74, 6) is 0.354. The molecule has 0 saturated carbocycles. The van der Waals surface area contributed by atoms with E-state index < -0.39 is 0 Å². The van der Waals surface area contributed by atoms with Crippen molar-refractivity contribution >= 4 is 5.71 Å². The normalized spacial score (nSPS) is 24.4. The molecule has 0 heterocycles. The molecule has 0 aromatic heterocycles. The molecule has 1 aromatic carbocycles. The van der Waals surface area contributed by atoms with Crippen LogP contribution in [0.4, 0.5) is 0 Å². The van der Waals surface area contributed by atoms with Crippen LogP contribution in [0.2, 0.25) is 0 Å². The van der Waals surface area contributed by atoms with Crippen molar-refractivity contribution in [1.82, 2.24) is 0 Å². The molecule has 2 heteroatoms. The second-order valence-corrected chi connectivity index (χ2v) is 3.25. The number of oxime groups is 1. The van der Waals surface area contributed by atoms with E-state index in [0.717, 1.165) is 17.7 Å². The van der Waals surface area contributed by atoms with Gasteiger partial charge in [0.2, 0.25) is 0 Å². The molecule has 2 nitrogen and oxygen atoms in total. The van der Waals surface area contributed by atoms with Gasteiger partial charge in [0.1, 0.15) is 0 Å². The molecule has 12 heavy (non-hydrogen) atoms. The quantitative estimate of drug-likeness (QED) is 0.458. The van der Waals surface area contributed by atoms with Crippen molar-refractivity contribution in [3.05, 3.63) is 35.4 Å². The van der Waals surface area contributed by atoms with Gasteiger partial charge < -0.3 is 5.21 Å². The van der Waals surface area contributed by atoms with E-state index in [2.05, 4.69) is 18.1 Å². The smallest absolute Gasteiger partial charge is 0.0901 e. The summed E-state index contributed by atoms with van der Waals surface area (Å²) in [6.07, 6.45) is 0.996. The maximum atomic E-state index is 8.77. The monoisotopic (exact) mass is 161 g/mol. The van der Waals surface area contributed by atoms with Crippen molar-refractivity contribution in [2.24, 2.45) is 11.1 Å². The highest BCUT2D eigenvalue weighted by Crippen LogP contribution is 2.26. The number of rotatable bonds is 0. The van der Waals surface area contributed by atoms with E-state index in [4.69, 9.17) is 5.21 Å². The maximum absolute atomic E-state index is 8.77. The topological polar surface area (TPSA) is 32.6 Å². The fourth-order valence-electron chi connectivity index (χ4n) is 1.79. The third kappa shape index (κ3) is 0.916. The van der Waals surface area contributed by atoms with Crippen molar-refractivity contribution < 1.29 is 5.21 Å². The van der Waals surface area contributed by atoms with Gasteiger partial charge in [-0.25, -0.2) is 0 Å². The number of benzene rings is 1. The molecular formula is C10H11NO. The van der Waals surface area contributed by atoms with Crippen molar-refractivity contribution in [2.75, 3.05) is 0 Å². The molecule has 0 radical (unpaired) electrons. The molecule has 0 saturated heterocycles. The second kappa shape index (κ2) is 2.63. The summed E-state index contributed by atoms with van der Waals surface area (Å²) < 4.78 is 0. The zero-order valence-electron chi connectivity index (χ0n) is 6.99. The first-order valence-corrected chi connectivity index (χ1v) is 4.13. The SMILES string of the molecule is CC1Cc2ccccc2/C1=N\O. The molecule has 1 unspecified atom stereocenters. The third-order valence-electron chi connectivity index (χ3n) is 2.39. The summed E-state index contributed by atoms with van der Waals surface area (Å²) in [6, 6.07) is 8.09. The molecule has 1 aliphatic rings. The largest absolute Gasteiger partial charge is 0.411 e. The van der Waals surface area contributed by atoms with Crippen molar-refractivity contribution in [3.63, 3.8) is 0 Å². The highest BCUT2D eigenvalue weighted by atomic mass is 16.4. The zero-order valence-corrected chi connectivity index (χ0v) is 6.99. The molecule has 1 atom stereocenters. The van der Waals surface area contributed by atoms with Gasteiger partial charge in [0.15, 0.2) is 0 Å². The fourth-order valence-corrected chi connectivity index (χ4v) is 1.79. The predicted molar refractivity (Wildman–Crippen MR) is 47.6 cm³/mol. The van der Waals surface area contributed by atoms with Crippen LogP contribution in [0.3, 0.4) is 0 Å². The summed E-state index contributed by atoms with van der Waals surface area (Å²) in [5, 5.41) is 12.1. The third-order valence-corrected chi connectivity index (χ3v) is 2.39. The number of fused-ring (bicyclic) bond motifs is 1. The van der Waals surface area contributed by atoms with Crippen LogP contribution in [0.1, 0.15) is 18.1 Å². The molecular weight excluding hydrogens is 150 g/mol. The highest BCUT2D eigenvalue weighted by molar-refractivity contribution is 6.05. The van der Waals surface area contributed by atoms with Crippen LogP contribution in [0, 0.1) is 5.92 Å². The first-order valence-electron chi connectivity index (χ1n) is 4.13. The van der Waals surface area contributed by atoms with E-state index >= 15 is 0 Å². The average molecular weight is 161 g/mol. The Morgan fingerprint density at radius 3 is 2.92 bits per heavy atom. The van der Waals surface area contributed by atoms with E-state index in [0.29, 0.717) is 5.92 Å². The lowest BCUT2D eigenvalue weighted by atomic mass is 10.1. The van der Waals surface area contributed by atoms with Gasteiger partial charge in [-0.05, 0) is 12.0 Å². The molecule has 2 rings (SSSR count). The molecule has 0 amide bonds. The summed E-state index contributed by atoms with van der Waals surface area (Å²) in [7, 11) is 0. The zero-order chi connectivity index (χ0) is 8.55. The van der Waals surface area contributed by atoms with Crippen LogP contribution < -0.4 is 0 Å². The predicted octanol–water partition coefficient (Wildman–Crippen LogP) is 2.06. The van der Waals surface area contributed by atoms with Crippen LogP contribution in [0.25, 0.3) is 0 Å². The van der Waals surface area contributed by atoms with Gasteiger partial charge in [-0.3, -0.25) is 0 Å². The highest BCUT2D eigenvalue weighted by Gasteiger charge is 2.24. The molecule has 0 spiro atoms. The minimum atomic E-state index is 0.354. The van der Waals surface area contributed by atoms with Gasteiger partial charge in [0.25, 0.3) is 0 Å². The minimum Gasteiger partial charge on any atom is -0.411 e. The van der Waals surface area contributed by atoms with Gasteiger partial charge in [-0.2, -0.15) is 0 Å². The molecule has 1 aromatic rings. The van der Waals surface area contributed by atoms with E-state index in [9.17, 15) is 0 Å². The molecule has 1 N–H and O–H groups in total. The van der Waals surface area contributed by atoms with Crippen LogP contribution in [-0.4, -0.2) is 10.9 Å². The van der Waals surface area contributed by atoms with Gasteiger partial charge >= 0.3 is 0 Å². The Labute approximate surface area is 71.5 Å². The first kappa shape index (κ1) is 7.35. The lowest BCUT2D eigenvalue weighted by Gasteiger charge is -1.99. The first-order chi connectivity index (χ1) is 5.83. The van der Waals surface area contributed by atoms with Crippen molar-refractivity contribution in [3.8, 4) is 0 Å².